The zero-order chi connectivity index (χ0) is 27.0. The normalized spacial score (nSPS) is 12.1. The lowest BCUT2D eigenvalue weighted by Crippen LogP contribution is -2.51. The topological polar surface area (TPSA) is 105 Å². The summed E-state index contributed by atoms with van der Waals surface area (Å²) in [5.41, 5.74) is 0.287. The van der Waals surface area contributed by atoms with Crippen molar-refractivity contribution in [2.24, 2.45) is 5.92 Å². The Kier molecular flexibility index (Phi) is 10.1. The molecule has 0 saturated heterocycles. The number of rotatable bonds is 12. The van der Waals surface area contributed by atoms with Crippen LogP contribution in [0.1, 0.15) is 26.3 Å². The van der Waals surface area contributed by atoms with Crippen LogP contribution in [0.2, 0.25) is 0 Å². The molecule has 1 N–H and O–H groups in total. The van der Waals surface area contributed by atoms with Crippen LogP contribution < -0.4 is 19.1 Å². The summed E-state index contributed by atoms with van der Waals surface area (Å²) < 4.78 is 51.4. The molecule has 0 fully saturated rings. The minimum absolute atomic E-state index is 0.0930. The van der Waals surface area contributed by atoms with Gasteiger partial charge in [-0.2, -0.15) is 0 Å². The number of ether oxygens (including phenoxy) is 2. The summed E-state index contributed by atoms with van der Waals surface area (Å²) in [6, 6.07) is 9.46. The molecule has 0 saturated carbocycles. The first-order valence-electron chi connectivity index (χ1n) is 11.4. The van der Waals surface area contributed by atoms with Gasteiger partial charge in [-0.15, -0.1) is 0 Å². The number of carbonyl (C=O) groups excluding carboxylic acids is 2. The first-order chi connectivity index (χ1) is 16.9. The van der Waals surface area contributed by atoms with Crippen molar-refractivity contribution in [3.05, 3.63) is 53.8 Å². The molecule has 0 spiro atoms. The molecule has 36 heavy (non-hydrogen) atoms. The van der Waals surface area contributed by atoms with E-state index in [1.807, 2.05) is 13.8 Å². The Morgan fingerprint density at radius 2 is 1.72 bits per heavy atom. The van der Waals surface area contributed by atoms with Gasteiger partial charge < -0.3 is 19.7 Å². The average Bonchev–Trinajstić information content (AvgIpc) is 2.83. The van der Waals surface area contributed by atoms with E-state index in [9.17, 15) is 22.4 Å². The fraction of sp³-hybridized carbons (Fsp3) is 0.440. The molecule has 0 bridgehead atoms. The molecule has 0 aliphatic heterocycles. The standard InChI is InChI=1S/C25H34FN3O6S/c1-17(2)14-27-25(31)18(3)28(15-19-9-7-8-10-21(19)26)24(30)16-29(36(6,32)33)22-13-20(34-4)11-12-23(22)35-5/h7-13,17-18H,14-16H2,1-6H3,(H,27,31)/t18-/m1/s1. The maximum Gasteiger partial charge on any atom is 0.244 e. The van der Waals surface area contributed by atoms with E-state index in [0.29, 0.717) is 12.3 Å². The highest BCUT2D eigenvalue weighted by Crippen LogP contribution is 2.34. The van der Waals surface area contributed by atoms with Gasteiger partial charge >= 0.3 is 0 Å². The smallest absolute Gasteiger partial charge is 0.244 e. The Hall–Kier alpha value is -3.34. The summed E-state index contributed by atoms with van der Waals surface area (Å²) in [4.78, 5) is 27.6. The van der Waals surface area contributed by atoms with E-state index in [-0.39, 0.29) is 29.5 Å². The molecule has 0 heterocycles. The highest BCUT2D eigenvalue weighted by molar-refractivity contribution is 7.92. The number of nitrogens with one attached hydrogen (secondary N) is 1. The SMILES string of the molecule is COc1ccc(OC)c(N(CC(=O)N(Cc2ccccc2F)[C@H](C)C(=O)NCC(C)C)S(C)(=O)=O)c1. The number of benzene rings is 2. The number of anilines is 1. The van der Waals surface area contributed by atoms with Crippen LogP contribution in [0.15, 0.2) is 42.5 Å². The lowest BCUT2D eigenvalue weighted by Gasteiger charge is -2.32. The third-order valence-corrected chi connectivity index (χ3v) is 6.61. The molecule has 2 aromatic carbocycles. The molecule has 0 aliphatic carbocycles. The van der Waals surface area contributed by atoms with Gasteiger partial charge in [0.2, 0.25) is 21.8 Å². The second-order valence-corrected chi connectivity index (χ2v) is 10.6. The molecule has 11 heteroatoms. The lowest BCUT2D eigenvalue weighted by molar-refractivity contribution is -0.139. The number of methoxy groups -OCH3 is 2. The van der Waals surface area contributed by atoms with Crippen LogP contribution in [-0.2, 0) is 26.2 Å². The monoisotopic (exact) mass is 523 g/mol. The second kappa shape index (κ2) is 12.6. The molecule has 9 nitrogen and oxygen atoms in total. The molecule has 0 aromatic heterocycles. The molecular formula is C25H34FN3O6S. The van der Waals surface area contributed by atoms with Crippen LogP contribution in [-0.4, -0.2) is 64.7 Å². The largest absolute Gasteiger partial charge is 0.497 e. The molecular weight excluding hydrogens is 489 g/mol. The second-order valence-electron chi connectivity index (χ2n) is 8.74. The Labute approximate surface area is 212 Å². The maximum absolute atomic E-state index is 14.5. The molecule has 198 valence electrons. The van der Waals surface area contributed by atoms with Crippen LogP contribution in [0, 0.1) is 11.7 Å². The van der Waals surface area contributed by atoms with Gasteiger partial charge in [0.05, 0.1) is 26.2 Å². The number of amides is 2. The minimum atomic E-state index is -3.98. The highest BCUT2D eigenvalue weighted by Gasteiger charge is 2.31. The van der Waals surface area contributed by atoms with Crippen molar-refractivity contribution in [2.45, 2.75) is 33.4 Å². The highest BCUT2D eigenvalue weighted by atomic mass is 32.2. The Morgan fingerprint density at radius 1 is 1.06 bits per heavy atom. The average molecular weight is 524 g/mol. The number of halogens is 1. The summed E-state index contributed by atoms with van der Waals surface area (Å²) in [6.07, 6.45) is 0.958. The van der Waals surface area contributed by atoms with Gasteiger partial charge in [0.15, 0.2) is 0 Å². The van der Waals surface area contributed by atoms with Gasteiger partial charge in [-0.1, -0.05) is 32.0 Å². The third kappa shape index (κ3) is 7.58. The van der Waals surface area contributed by atoms with Gasteiger partial charge in [-0.25, -0.2) is 12.8 Å². The van der Waals surface area contributed by atoms with Crippen molar-refractivity contribution in [1.29, 1.82) is 0 Å². The van der Waals surface area contributed by atoms with Crippen molar-refractivity contribution >= 4 is 27.5 Å². The fourth-order valence-electron chi connectivity index (χ4n) is 3.43. The predicted octanol–water partition coefficient (Wildman–Crippen LogP) is 2.80. The van der Waals surface area contributed by atoms with Gasteiger partial charge in [0.1, 0.15) is 29.9 Å². The van der Waals surface area contributed by atoms with Crippen LogP contribution >= 0.6 is 0 Å². The van der Waals surface area contributed by atoms with E-state index < -0.39 is 40.2 Å². The van der Waals surface area contributed by atoms with Crippen molar-refractivity contribution in [3.63, 3.8) is 0 Å². The van der Waals surface area contributed by atoms with Gasteiger partial charge in [0, 0.05) is 24.7 Å². The quantitative estimate of drug-likeness (QED) is 0.459. The molecule has 2 rings (SSSR count). The molecule has 1 atom stereocenters. The summed E-state index contributed by atoms with van der Waals surface area (Å²) in [5, 5.41) is 2.77. The third-order valence-electron chi connectivity index (χ3n) is 5.48. The summed E-state index contributed by atoms with van der Waals surface area (Å²) in [5.74, 6) is -0.925. The van der Waals surface area contributed by atoms with E-state index in [1.165, 1.54) is 56.4 Å². The lowest BCUT2D eigenvalue weighted by atomic mass is 10.1. The zero-order valence-electron chi connectivity index (χ0n) is 21.4. The summed E-state index contributed by atoms with van der Waals surface area (Å²) >= 11 is 0. The number of hydrogen-bond donors (Lipinski definition) is 1. The van der Waals surface area contributed by atoms with Crippen LogP contribution in [0.25, 0.3) is 0 Å². The maximum atomic E-state index is 14.5. The molecule has 2 aromatic rings. The Balaban J connectivity index is 2.47. The van der Waals surface area contributed by atoms with Gasteiger partial charge in [0.25, 0.3) is 0 Å². The van der Waals surface area contributed by atoms with Crippen LogP contribution in [0.3, 0.4) is 0 Å². The molecule has 0 aliphatic rings. The molecule has 0 radical (unpaired) electrons. The van der Waals surface area contributed by atoms with E-state index >= 15 is 0 Å². The summed E-state index contributed by atoms with van der Waals surface area (Å²) in [6.45, 7) is 4.90. The fourth-order valence-corrected chi connectivity index (χ4v) is 4.28. The Bertz CT molecular complexity index is 1170. The first kappa shape index (κ1) is 28.9. The number of sulfonamides is 1. The van der Waals surface area contributed by atoms with E-state index in [1.54, 1.807) is 12.1 Å². The van der Waals surface area contributed by atoms with Crippen LogP contribution in [0.5, 0.6) is 11.5 Å². The number of hydrogen-bond acceptors (Lipinski definition) is 6. The van der Waals surface area contributed by atoms with E-state index in [2.05, 4.69) is 5.32 Å². The van der Waals surface area contributed by atoms with Crippen molar-refractivity contribution < 1.29 is 31.9 Å². The zero-order valence-corrected chi connectivity index (χ0v) is 22.3. The summed E-state index contributed by atoms with van der Waals surface area (Å²) in [7, 11) is -1.18. The van der Waals surface area contributed by atoms with E-state index in [0.717, 1.165) is 10.6 Å². The number of nitrogens with zero attached hydrogens (tertiary/aromatic N) is 2. The van der Waals surface area contributed by atoms with Crippen molar-refractivity contribution in [1.82, 2.24) is 10.2 Å². The predicted molar refractivity (Wildman–Crippen MR) is 136 cm³/mol. The van der Waals surface area contributed by atoms with Crippen molar-refractivity contribution in [3.8, 4) is 11.5 Å². The van der Waals surface area contributed by atoms with Crippen LogP contribution in [0.4, 0.5) is 10.1 Å². The number of carbonyl (C=O) groups is 2. The first-order valence-corrected chi connectivity index (χ1v) is 13.2. The Morgan fingerprint density at radius 3 is 2.28 bits per heavy atom. The van der Waals surface area contributed by atoms with E-state index in [4.69, 9.17) is 9.47 Å². The van der Waals surface area contributed by atoms with Crippen molar-refractivity contribution in [2.75, 3.05) is 37.9 Å². The molecule has 2 amide bonds. The minimum Gasteiger partial charge on any atom is -0.497 e. The van der Waals surface area contributed by atoms with Gasteiger partial charge in [-0.05, 0) is 31.0 Å². The van der Waals surface area contributed by atoms with Gasteiger partial charge in [-0.3, -0.25) is 13.9 Å². The molecule has 0 unspecified atom stereocenters.